The van der Waals surface area contributed by atoms with E-state index >= 15 is 0 Å². The highest BCUT2D eigenvalue weighted by molar-refractivity contribution is 5.96. The summed E-state index contributed by atoms with van der Waals surface area (Å²) in [6.45, 7) is 11.1. The number of hydrogen-bond acceptors (Lipinski definition) is 7. The second-order valence-electron chi connectivity index (χ2n) is 14.8. The molecule has 5 fully saturated rings. The van der Waals surface area contributed by atoms with Gasteiger partial charge >= 0.3 is 0 Å². The van der Waals surface area contributed by atoms with Gasteiger partial charge in [0, 0.05) is 51.0 Å². The molecule has 0 unspecified atom stereocenters. The summed E-state index contributed by atoms with van der Waals surface area (Å²) in [5.74, 6) is 3.14. The molecule has 12 heteroatoms. The number of halogens is 2. The number of piperazine rings is 1. The summed E-state index contributed by atoms with van der Waals surface area (Å²) in [7, 11) is 1.50. The number of methoxy groups -OCH3 is 1. The number of aliphatic imine (C=N–C) groups is 1. The number of aryl methyl sites for hydroxylation is 1. The van der Waals surface area contributed by atoms with E-state index in [4.69, 9.17) is 19.5 Å². The molecule has 2 bridgehead atoms. The second kappa shape index (κ2) is 13.9. The second-order valence-corrected chi connectivity index (χ2v) is 14.8. The van der Waals surface area contributed by atoms with Crippen LogP contribution in [0.2, 0.25) is 0 Å². The van der Waals surface area contributed by atoms with Gasteiger partial charge in [-0.25, -0.2) is 18.8 Å². The van der Waals surface area contributed by atoms with E-state index in [1.54, 1.807) is 22.8 Å². The molecule has 2 N–H and O–H groups in total. The zero-order chi connectivity index (χ0) is 34.3. The van der Waals surface area contributed by atoms with Gasteiger partial charge in [-0.1, -0.05) is 26.8 Å². The normalized spacial score (nSPS) is 26.8. The van der Waals surface area contributed by atoms with Gasteiger partial charge < -0.3 is 29.9 Å². The molecular formula is C37H49F2N7O3. The van der Waals surface area contributed by atoms with E-state index < -0.39 is 6.67 Å². The minimum absolute atomic E-state index is 0.174. The van der Waals surface area contributed by atoms with Crippen LogP contribution in [0.4, 0.5) is 20.4 Å². The van der Waals surface area contributed by atoms with Crippen LogP contribution < -0.4 is 25.8 Å². The Balaban J connectivity index is 1.21. The molecule has 5 aliphatic rings. The highest BCUT2D eigenvalue weighted by Crippen LogP contribution is 2.61. The van der Waals surface area contributed by atoms with Gasteiger partial charge in [0.05, 0.1) is 43.3 Å². The van der Waals surface area contributed by atoms with Gasteiger partial charge in [0.15, 0.2) is 5.96 Å². The fourth-order valence-corrected chi connectivity index (χ4v) is 8.48. The van der Waals surface area contributed by atoms with E-state index in [1.807, 2.05) is 12.1 Å². The molecule has 2 aromatic carbocycles. The van der Waals surface area contributed by atoms with Gasteiger partial charge in [0.25, 0.3) is 5.56 Å². The summed E-state index contributed by atoms with van der Waals surface area (Å²) >= 11 is 0. The van der Waals surface area contributed by atoms with Gasteiger partial charge in [0.2, 0.25) is 5.95 Å². The van der Waals surface area contributed by atoms with Gasteiger partial charge in [-0.2, -0.15) is 0 Å². The third-order valence-corrected chi connectivity index (χ3v) is 11.7. The van der Waals surface area contributed by atoms with E-state index in [9.17, 15) is 13.6 Å². The number of aromatic nitrogens is 2. The lowest BCUT2D eigenvalue weighted by molar-refractivity contribution is -0.108. The fraction of sp³-hybridized carbons (Fsp3) is 0.595. The quantitative estimate of drug-likeness (QED) is 0.262. The first-order valence-electron chi connectivity index (χ1n) is 17.7. The predicted molar refractivity (Wildman–Crippen MR) is 189 cm³/mol. The molecule has 264 valence electrons. The zero-order valence-corrected chi connectivity index (χ0v) is 29.1. The number of ether oxygens (including phenoxy) is 2. The van der Waals surface area contributed by atoms with Crippen LogP contribution in [0.1, 0.15) is 39.2 Å². The van der Waals surface area contributed by atoms with Gasteiger partial charge in [0.1, 0.15) is 18.2 Å². The Morgan fingerprint density at radius 3 is 2.69 bits per heavy atom. The van der Waals surface area contributed by atoms with Crippen molar-refractivity contribution in [3.8, 4) is 5.75 Å². The minimum atomic E-state index is -0.441. The van der Waals surface area contributed by atoms with E-state index in [1.165, 1.54) is 19.6 Å². The molecule has 3 aliphatic carbocycles. The van der Waals surface area contributed by atoms with Crippen molar-refractivity contribution >= 4 is 28.5 Å². The molecule has 5 atom stereocenters. The van der Waals surface area contributed by atoms with Gasteiger partial charge in [-0.15, -0.1) is 0 Å². The van der Waals surface area contributed by atoms with Crippen molar-refractivity contribution in [2.45, 2.75) is 58.7 Å². The van der Waals surface area contributed by atoms with Crippen LogP contribution in [-0.2, 0) is 17.7 Å². The van der Waals surface area contributed by atoms with Crippen molar-refractivity contribution < 1.29 is 18.3 Å². The molecule has 3 aromatic rings. The molecular weight excluding hydrogens is 628 g/mol. The molecule has 49 heavy (non-hydrogen) atoms. The van der Waals surface area contributed by atoms with Crippen LogP contribution in [0.15, 0.2) is 46.2 Å². The standard InChI is InChI=1S/C37H49F2N7O3/c1-23-30-17-25(37(30,2)3)18-32(23)42-35(45-12-10-40-27(21-38)22-45)41-26-6-8-29-33(19-26)43-36(44-13-15-49-16-14-44)46(34(29)47)11-9-24-5-7-28(48-4)20-31(24)39/h5-8,19-20,23,25,27,30,32,40H,9-18,21-22H2,1-4H3,(H,41,42)/t23-,25+,27-,30-,32-/m0/s1. The average molecular weight is 678 g/mol. The third-order valence-electron chi connectivity index (χ3n) is 11.7. The molecule has 8 rings (SSSR count). The lowest BCUT2D eigenvalue weighted by Gasteiger charge is -2.61. The molecule has 2 aliphatic heterocycles. The van der Waals surface area contributed by atoms with Gasteiger partial charge in [-0.3, -0.25) is 9.36 Å². The summed E-state index contributed by atoms with van der Waals surface area (Å²) in [6, 6.07) is 10.3. The van der Waals surface area contributed by atoms with Crippen LogP contribution in [-0.4, -0.2) is 92.2 Å². The Kier molecular flexibility index (Phi) is 9.54. The van der Waals surface area contributed by atoms with Crippen molar-refractivity contribution in [2.75, 3.05) is 69.9 Å². The monoisotopic (exact) mass is 677 g/mol. The van der Waals surface area contributed by atoms with Crippen LogP contribution in [0.5, 0.6) is 5.75 Å². The Morgan fingerprint density at radius 1 is 1.16 bits per heavy atom. The first kappa shape index (κ1) is 33.7. The number of nitrogens with zero attached hydrogens (tertiary/aromatic N) is 5. The molecule has 0 spiro atoms. The fourth-order valence-electron chi connectivity index (χ4n) is 8.48. The van der Waals surface area contributed by atoms with Crippen LogP contribution in [0, 0.1) is 29.0 Å². The van der Waals surface area contributed by atoms with Crippen molar-refractivity contribution in [1.29, 1.82) is 0 Å². The number of guanidine groups is 1. The smallest absolute Gasteiger partial charge is 0.262 e. The summed E-state index contributed by atoms with van der Waals surface area (Å²) in [5, 5.41) is 7.35. The number of rotatable bonds is 8. The van der Waals surface area contributed by atoms with Crippen molar-refractivity contribution in [2.24, 2.45) is 28.2 Å². The van der Waals surface area contributed by atoms with Crippen LogP contribution >= 0.6 is 0 Å². The Hall–Kier alpha value is -3.77. The number of morpholine rings is 1. The molecule has 3 saturated carbocycles. The predicted octanol–water partition coefficient (Wildman–Crippen LogP) is 4.71. The van der Waals surface area contributed by atoms with Crippen molar-refractivity contribution in [3.05, 3.63) is 58.1 Å². The van der Waals surface area contributed by atoms with Crippen LogP contribution in [0.25, 0.3) is 10.9 Å². The summed E-state index contributed by atoms with van der Waals surface area (Å²) in [6.07, 6.45) is 2.65. The first-order chi connectivity index (χ1) is 23.7. The Morgan fingerprint density at radius 2 is 1.98 bits per heavy atom. The van der Waals surface area contributed by atoms with E-state index in [0.29, 0.717) is 104 Å². The SMILES string of the molecule is COc1ccc(CCn2c(N3CCOCC3)nc3cc(NC(=N[C@H]4C[C@H]5C[C@@H]([C@@H]4C)C5(C)C)N4CCN[C@@H](CF)C4)ccc3c2=O)c(F)c1. The lowest BCUT2D eigenvalue weighted by Crippen LogP contribution is -2.58. The maximum Gasteiger partial charge on any atom is 0.262 e. The molecule has 0 radical (unpaired) electrons. The summed E-state index contributed by atoms with van der Waals surface area (Å²) < 4.78 is 41.1. The zero-order valence-electron chi connectivity index (χ0n) is 29.1. The van der Waals surface area contributed by atoms with Gasteiger partial charge in [-0.05, 0) is 72.3 Å². The van der Waals surface area contributed by atoms with Crippen LogP contribution in [0.3, 0.4) is 0 Å². The number of fused-ring (bicyclic) bond motifs is 3. The maximum absolute atomic E-state index is 14.8. The first-order valence-corrected chi connectivity index (χ1v) is 17.7. The lowest BCUT2D eigenvalue weighted by atomic mass is 9.45. The number of benzene rings is 2. The van der Waals surface area contributed by atoms with E-state index in [-0.39, 0.29) is 30.0 Å². The number of anilines is 2. The average Bonchev–Trinajstić information content (AvgIpc) is 3.12. The molecule has 1 aromatic heterocycles. The highest BCUT2D eigenvalue weighted by atomic mass is 19.1. The van der Waals surface area contributed by atoms with Crippen molar-refractivity contribution in [3.63, 3.8) is 0 Å². The van der Waals surface area contributed by atoms with E-state index in [2.05, 4.69) is 41.2 Å². The van der Waals surface area contributed by atoms with Crippen molar-refractivity contribution in [1.82, 2.24) is 19.8 Å². The molecule has 2 saturated heterocycles. The Bertz CT molecular complexity index is 1760. The minimum Gasteiger partial charge on any atom is -0.497 e. The van der Waals surface area contributed by atoms with E-state index in [0.717, 1.165) is 18.1 Å². The number of hydrogen-bond donors (Lipinski definition) is 2. The summed E-state index contributed by atoms with van der Waals surface area (Å²) in [5.41, 5.74) is 2.02. The topological polar surface area (TPSA) is 96.2 Å². The Labute approximate surface area is 286 Å². The largest absolute Gasteiger partial charge is 0.497 e. The number of alkyl halides is 1. The highest BCUT2D eigenvalue weighted by Gasteiger charge is 2.56. The maximum atomic E-state index is 14.8. The third kappa shape index (κ3) is 6.61. The molecule has 10 nitrogen and oxygen atoms in total. The molecule has 3 heterocycles. The summed E-state index contributed by atoms with van der Waals surface area (Å²) in [4.78, 5) is 28.7. The molecule has 0 amide bonds. The number of nitrogens with one attached hydrogen (secondary N) is 2.